The average Bonchev–Trinajstić information content (AvgIpc) is 3.44. The summed E-state index contributed by atoms with van der Waals surface area (Å²) in [7, 11) is 0. The molecule has 2 saturated heterocycles. The van der Waals surface area contributed by atoms with E-state index in [9.17, 15) is 9.59 Å². The molecule has 3 aromatic carbocycles. The molecule has 52 heavy (non-hydrogen) atoms. The van der Waals surface area contributed by atoms with Crippen LogP contribution >= 0.6 is 34.8 Å². The van der Waals surface area contributed by atoms with Gasteiger partial charge in [-0.05, 0) is 48.1 Å². The van der Waals surface area contributed by atoms with Crippen molar-refractivity contribution >= 4 is 52.8 Å². The molecule has 0 saturated carbocycles. The molecule has 14 heteroatoms. The Hall–Kier alpha value is -3.42. The molecule has 6 rings (SSSR count). The van der Waals surface area contributed by atoms with Gasteiger partial charge in [-0.2, -0.15) is 0 Å². The normalized spacial score (nSPS) is 24.1. The third kappa shape index (κ3) is 9.02. The zero-order valence-electron chi connectivity index (χ0n) is 28.9. The summed E-state index contributed by atoms with van der Waals surface area (Å²) < 4.78 is 39.7. The van der Waals surface area contributed by atoms with Crippen molar-refractivity contribution < 1.29 is 42.7 Å². The number of fused-ring (bicyclic) bond motifs is 4. The van der Waals surface area contributed by atoms with Crippen LogP contribution in [0.15, 0.2) is 78.9 Å². The number of nitrogens with one attached hydrogen (secondary N) is 2. The van der Waals surface area contributed by atoms with Gasteiger partial charge in [-0.15, -0.1) is 0 Å². The fourth-order valence-electron chi connectivity index (χ4n) is 6.67. The van der Waals surface area contributed by atoms with E-state index in [1.165, 1.54) is 0 Å². The Labute approximate surface area is 317 Å². The van der Waals surface area contributed by atoms with Gasteiger partial charge in [0.2, 0.25) is 12.2 Å². The second-order valence-corrected chi connectivity index (χ2v) is 15.5. The molecule has 1 amide bonds. The van der Waals surface area contributed by atoms with E-state index in [1.54, 1.807) is 13.8 Å². The van der Waals surface area contributed by atoms with E-state index in [4.69, 9.17) is 73.4 Å². The molecule has 2 heterocycles. The van der Waals surface area contributed by atoms with Crippen molar-refractivity contribution in [1.82, 2.24) is 5.32 Å². The fourth-order valence-corrected chi connectivity index (χ4v) is 6.81. The maximum Gasteiger partial charge on any atom is 0.407 e. The summed E-state index contributed by atoms with van der Waals surface area (Å²) in [5.74, 6) is -2.70. The lowest BCUT2D eigenvalue weighted by Gasteiger charge is -2.50. The summed E-state index contributed by atoms with van der Waals surface area (Å²) in [6.45, 7) is 5.66. The number of alkyl halides is 3. The minimum absolute atomic E-state index is 0.00768. The first-order chi connectivity index (χ1) is 24.8. The highest BCUT2D eigenvalue weighted by atomic mass is 35.6. The Kier molecular flexibility index (Phi) is 12.0. The minimum Gasteiger partial charge on any atom is -0.457 e. The smallest absolute Gasteiger partial charge is 0.407 e. The number of halogens is 3. The SMILES string of the molecule is CC[C@H](CC(=O)O[C@@H]1C(NC(=O)OCC2c3ccccc3-c3ccccc32)C(OC(=N)C(Cl)(Cl)Cl)OC2COC(C)(C)O[C@H]21)OCc1ccccc1. The van der Waals surface area contributed by atoms with Gasteiger partial charge < -0.3 is 38.5 Å². The molecule has 278 valence electrons. The lowest BCUT2D eigenvalue weighted by molar-refractivity contribution is -0.363. The predicted octanol–water partition coefficient (Wildman–Crippen LogP) is 7.43. The number of benzene rings is 3. The maximum absolute atomic E-state index is 13.7. The quantitative estimate of drug-likeness (QED) is 0.0883. The third-order valence-corrected chi connectivity index (χ3v) is 9.74. The van der Waals surface area contributed by atoms with Crippen LogP contribution in [-0.4, -0.2) is 77.5 Å². The predicted molar refractivity (Wildman–Crippen MR) is 194 cm³/mol. The maximum atomic E-state index is 13.7. The van der Waals surface area contributed by atoms with E-state index < -0.39 is 64.3 Å². The van der Waals surface area contributed by atoms with Crippen LogP contribution in [0.25, 0.3) is 11.1 Å². The molecule has 0 bridgehead atoms. The van der Waals surface area contributed by atoms with Crippen molar-refractivity contribution in [2.45, 2.75) is 92.5 Å². The molecule has 3 unspecified atom stereocenters. The number of alkyl carbamates (subject to hydrolysis) is 1. The van der Waals surface area contributed by atoms with E-state index in [1.807, 2.05) is 85.8 Å². The summed E-state index contributed by atoms with van der Waals surface area (Å²) in [5, 5.41) is 11.1. The van der Waals surface area contributed by atoms with E-state index in [2.05, 4.69) is 5.32 Å². The van der Waals surface area contributed by atoms with Crippen LogP contribution in [0.3, 0.4) is 0 Å². The van der Waals surface area contributed by atoms with Crippen LogP contribution in [0.1, 0.15) is 56.2 Å². The number of rotatable bonds is 11. The first-order valence-corrected chi connectivity index (χ1v) is 18.2. The van der Waals surface area contributed by atoms with Crippen molar-refractivity contribution in [2.24, 2.45) is 0 Å². The number of ether oxygens (including phenoxy) is 7. The van der Waals surface area contributed by atoms with Crippen LogP contribution < -0.4 is 5.32 Å². The van der Waals surface area contributed by atoms with Crippen molar-refractivity contribution in [3.8, 4) is 11.1 Å². The van der Waals surface area contributed by atoms with Crippen molar-refractivity contribution in [2.75, 3.05) is 13.2 Å². The molecule has 3 aromatic rings. The van der Waals surface area contributed by atoms with E-state index >= 15 is 0 Å². The Bertz CT molecular complexity index is 1690. The Morgan fingerprint density at radius 2 is 1.60 bits per heavy atom. The summed E-state index contributed by atoms with van der Waals surface area (Å²) in [6.07, 6.45) is -5.35. The van der Waals surface area contributed by atoms with Gasteiger partial charge in [-0.3, -0.25) is 10.2 Å². The van der Waals surface area contributed by atoms with Gasteiger partial charge in [0.15, 0.2) is 11.9 Å². The zero-order chi connectivity index (χ0) is 37.0. The second kappa shape index (κ2) is 16.3. The minimum atomic E-state index is -2.26. The van der Waals surface area contributed by atoms with Gasteiger partial charge in [-0.1, -0.05) is 121 Å². The van der Waals surface area contributed by atoms with Crippen LogP contribution in [0.4, 0.5) is 4.79 Å². The highest BCUT2D eigenvalue weighted by Gasteiger charge is 2.55. The Morgan fingerprint density at radius 1 is 0.962 bits per heavy atom. The summed E-state index contributed by atoms with van der Waals surface area (Å²) in [6, 6.07) is 24.2. The topological polar surface area (TPSA) is 135 Å². The summed E-state index contributed by atoms with van der Waals surface area (Å²) in [4.78, 5) is 27.3. The number of carbonyl (C=O) groups is 2. The molecule has 2 aliphatic heterocycles. The largest absolute Gasteiger partial charge is 0.457 e. The molecule has 2 fully saturated rings. The van der Waals surface area contributed by atoms with Gasteiger partial charge in [0.1, 0.15) is 24.9 Å². The monoisotopic (exact) mass is 774 g/mol. The molecule has 3 aliphatic rings. The fraction of sp³-hybridized carbons (Fsp3) is 0.447. The van der Waals surface area contributed by atoms with Gasteiger partial charge in [-0.25, -0.2) is 4.79 Å². The molecule has 0 aromatic heterocycles. The highest BCUT2D eigenvalue weighted by Crippen LogP contribution is 2.44. The molecular weight excluding hydrogens is 735 g/mol. The number of amides is 1. The average molecular weight is 776 g/mol. The molecule has 1 aliphatic carbocycles. The van der Waals surface area contributed by atoms with Gasteiger partial charge in [0.05, 0.1) is 25.7 Å². The number of hydrogen-bond acceptors (Lipinski definition) is 10. The van der Waals surface area contributed by atoms with Crippen LogP contribution in [0.5, 0.6) is 0 Å². The number of carbonyl (C=O) groups excluding carboxylic acids is 2. The summed E-state index contributed by atoms with van der Waals surface area (Å²) in [5.41, 5.74) is 5.16. The molecule has 6 atom stereocenters. The Balaban J connectivity index is 1.23. The molecule has 0 radical (unpaired) electrons. The van der Waals surface area contributed by atoms with Gasteiger partial charge >= 0.3 is 12.1 Å². The molecule has 2 N–H and O–H groups in total. The standard InChI is InChI=1S/C38H41Cl3N2O9/c1-4-23(46-19-22-12-6-5-7-13-22)18-30(44)50-33-31(34(51-35(42)38(39,40)41)49-29-21-48-37(2,3)52-32(29)33)43-36(45)47-20-28-26-16-10-8-14-24(26)25-15-9-11-17-27(25)28/h5-17,23,28-29,31-34,42H,4,18-21H2,1-3H3,(H,43,45)/t23-,29?,31?,32-,33-,34?/m1/s1. The van der Waals surface area contributed by atoms with Crippen molar-refractivity contribution in [3.63, 3.8) is 0 Å². The third-order valence-electron chi connectivity index (χ3n) is 9.23. The lowest BCUT2D eigenvalue weighted by Crippen LogP contribution is -2.69. The Morgan fingerprint density at radius 3 is 2.23 bits per heavy atom. The molecular formula is C38H41Cl3N2O9. The zero-order valence-corrected chi connectivity index (χ0v) is 31.2. The number of hydrogen-bond donors (Lipinski definition) is 2. The van der Waals surface area contributed by atoms with Crippen molar-refractivity contribution in [1.29, 1.82) is 5.41 Å². The first-order valence-electron chi connectivity index (χ1n) is 17.1. The van der Waals surface area contributed by atoms with E-state index in [0.29, 0.717) is 13.0 Å². The lowest BCUT2D eigenvalue weighted by atomic mass is 9.95. The van der Waals surface area contributed by atoms with Crippen LogP contribution in [-0.2, 0) is 44.6 Å². The molecule has 11 nitrogen and oxygen atoms in total. The van der Waals surface area contributed by atoms with E-state index in [0.717, 1.165) is 27.8 Å². The first kappa shape index (κ1) is 38.3. The van der Waals surface area contributed by atoms with E-state index in [-0.39, 0.29) is 25.6 Å². The second-order valence-electron chi connectivity index (χ2n) is 13.3. The number of esters is 1. The van der Waals surface area contributed by atoms with Crippen LogP contribution in [0, 0.1) is 5.41 Å². The molecule has 0 spiro atoms. The van der Waals surface area contributed by atoms with Crippen molar-refractivity contribution in [3.05, 3.63) is 95.6 Å². The van der Waals surface area contributed by atoms with Gasteiger partial charge in [0, 0.05) is 5.92 Å². The van der Waals surface area contributed by atoms with Crippen LogP contribution in [0.2, 0.25) is 0 Å². The summed E-state index contributed by atoms with van der Waals surface area (Å²) >= 11 is 17.9. The highest BCUT2D eigenvalue weighted by molar-refractivity contribution is 6.76. The van der Waals surface area contributed by atoms with Gasteiger partial charge in [0.25, 0.3) is 3.79 Å².